The zero-order chi connectivity index (χ0) is 17.3. The smallest absolute Gasteiger partial charge is 0.226 e. The van der Waals surface area contributed by atoms with Crippen molar-refractivity contribution in [3.63, 3.8) is 0 Å². The summed E-state index contributed by atoms with van der Waals surface area (Å²) in [4.78, 5) is 8.41. The van der Waals surface area contributed by atoms with Gasteiger partial charge in [-0.25, -0.2) is 0 Å². The van der Waals surface area contributed by atoms with E-state index in [2.05, 4.69) is 37.6 Å². The molecule has 0 fully saturated rings. The third-order valence-corrected chi connectivity index (χ3v) is 5.48. The summed E-state index contributed by atoms with van der Waals surface area (Å²) in [5.41, 5.74) is 0.913. The van der Waals surface area contributed by atoms with Crippen molar-refractivity contribution in [3.05, 3.63) is 30.4 Å². The first-order valence-corrected chi connectivity index (χ1v) is 10.1. The van der Waals surface area contributed by atoms with Crippen LogP contribution in [0.25, 0.3) is 11.4 Å². The number of nitrogens with one attached hydrogen (secondary N) is 1. The first-order valence-electron chi connectivity index (χ1n) is 8.28. The molecule has 0 aliphatic heterocycles. The Bertz CT molecular complexity index is 761. The van der Waals surface area contributed by atoms with Gasteiger partial charge in [0.25, 0.3) is 0 Å². The van der Waals surface area contributed by atoms with Crippen LogP contribution in [0.3, 0.4) is 0 Å². The van der Waals surface area contributed by atoms with Gasteiger partial charge >= 0.3 is 0 Å². The first-order chi connectivity index (χ1) is 12.3. The van der Waals surface area contributed by atoms with Crippen LogP contribution in [0.5, 0.6) is 0 Å². The molecule has 7 nitrogen and oxygen atoms in total. The van der Waals surface area contributed by atoms with Crippen molar-refractivity contribution >= 4 is 28.2 Å². The molecule has 0 aliphatic carbocycles. The molecule has 1 N–H and O–H groups in total. The van der Waals surface area contributed by atoms with E-state index in [9.17, 15) is 0 Å². The fourth-order valence-corrected chi connectivity index (χ4v) is 3.86. The highest BCUT2D eigenvalue weighted by Crippen LogP contribution is 2.26. The summed E-state index contributed by atoms with van der Waals surface area (Å²) >= 11 is 3.31. The number of anilines is 1. The average Bonchev–Trinajstić information content (AvgIpc) is 3.29. The summed E-state index contributed by atoms with van der Waals surface area (Å²) in [6, 6.07) is 3.73. The molecule has 0 atom stereocenters. The van der Waals surface area contributed by atoms with Crippen LogP contribution in [0.15, 0.2) is 33.4 Å². The molecule has 0 aromatic carbocycles. The minimum absolute atomic E-state index is 0.608. The highest BCUT2D eigenvalue weighted by atomic mass is 32.2. The summed E-state index contributed by atoms with van der Waals surface area (Å²) in [6.07, 6.45) is 7.46. The summed E-state index contributed by atoms with van der Waals surface area (Å²) in [5.74, 6) is 2.21. The second kappa shape index (κ2) is 9.47. The zero-order valence-electron chi connectivity index (χ0n) is 14.0. The summed E-state index contributed by atoms with van der Waals surface area (Å²) < 4.78 is 6.29. The predicted molar refractivity (Wildman–Crippen MR) is 99.9 cm³/mol. The zero-order valence-corrected chi connectivity index (χ0v) is 15.6. The Morgan fingerprint density at radius 3 is 2.92 bits per heavy atom. The van der Waals surface area contributed by atoms with E-state index in [1.165, 1.54) is 6.42 Å². The van der Waals surface area contributed by atoms with E-state index in [1.54, 1.807) is 35.5 Å². The van der Waals surface area contributed by atoms with Crippen molar-refractivity contribution in [2.75, 3.05) is 17.6 Å². The lowest BCUT2D eigenvalue weighted by Gasteiger charge is -1.97. The third kappa shape index (κ3) is 5.50. The van der Waals surface area contributed by atoms with Crippen molar-refractivity contribution in [2.24, 2.45) is 0 Å². The Kier molecular flexibility index (Phi) is 6.75. The van der Waals surface area contributed by atoms with Gasteiger partial charge in [0, 0.05) is 36.7 Å². The fraction of sp³-hybridized carbons (Fsp3) is 0.438. The number of hydrogen-bond donors (Lipinski definition) is 1. The maximum absolute atomic E-state index is 5.30. The molecule has 3 rings (SSSR count). The minimum Gasteiger partial charge on any atom is -0.360 e. The Labute approximate surface area is 154 Å². The summed E-state index contributed by atoms with van der Waals surface area (Å²) in [5, 5.41) is 16.6. The summed E-state index contributed by atoms with van der Waals surface area (Å²) in [7, 11) is 0. The van der Waals surface area contributed by atoms with Crippen molar-refractivity contribution in [1.29, 1.82) is 0 Å². The molecule has 0 bridgehead atoms. The molecule has 3 heterocycles. The van der Waals surface area contributed by atoms with E-state index >= 15 is 0 Å². The largest absolute Gasteiger partial charge is 0.360 e. The number of thioether (sulfide) groups is 1. The molecule has 0 saturated carbocycles. The van der Waals surface area contributed by atoms with Crippen LogP contribution in [-0.4, -0.2) is 37.6 Å². The average molecular weight is 377 g/mol. The topological polar surface area (TPSA) is 89.6 Å². The normalized spacial score (nSPS) is 10.9. The molecule has 3 aromatic heterocycles. The van der Waals surface area contributed by atoms with Gasteiger partial charge < -0.3 is 9.84 Å². The minimum atomic E-state index is 0.608. The van der Waals surface area contributed by atoms with E-state index in [0.717, 1.165) is 46.6 Å². The number of nitrogens with zero attached hydrogens (tertiary/aromatic N) is 5. The molecular weight excluding hydrogens is 356 g/mol. The predicted octanol–water partition coefficient (Wildman–Crippen LogP) is 3.92. The Hall–Kier alpha value is -2.00. The maximum atomic E-state index is 5.30. The molecule has 0 saturated heterocycles. The van der Waals surface area contributed by atoms with Crippen LogP contribution >= 0.6 is 23.1 Å². The Morgan fingerprint density at radius 1 is 1.20 bits per heavy atom. The molecule has 3 aromatic rings. The molecule has 0 spiro atoms. The van der Waals surface area contributed by atoms with Gasteiger partial charge in [0.15, 0.2) is 4.34 Å². The molecule has 25 heavy (non-hydrogen) atoms. The molecule has 132 valence electrons. The van der Waals surface area contributed by atoms with E-state index < -0.39 is 0 Å². The Morgan fingerprint density at radius 2 is 2.08 bits per heavy atom. The molecule has 0 amide bonds. The number of aryl methyl sites for hydroxylation is 1. The maximum Gasteiger partial charge on any atom is 0.226 e. The van der Waals surface area contributed by atoms with Gasteiger partial charge in [0.05, 0.1) is 0 Å². The van der Waals surface area contributed by atoms with E-state index in [0.29, 0.717) is 11.7 Å². The van der Waals surface area contributed by atoms with Crippen LogP contribution in [0.1, 0.15) is 32.1 Å². The van der Waals surface area contributed by atoms with Gasteiger partial charge in [-0.2, -0.15) is 4.98 Å². The van der Waals surface area contributed by atoms with Gasteiger partial charge in [-0.1, -0.05) is 41.6 Å². The van der Waals surface area contributed by atoms with Gasteiger partial charge in [-0.15, -0.1) is 10.2 Å². The number of aromatic nitrogens is 5. The fourth-order valence-electron chi connectivity index (χ4n) is 2.07. The molecule has 0 unspecified atom stereocenters. The van der Waals surface area contributed by atoms with Crippen LogP contribution in [0.2, 0.25) is 0 Å². The van der Waals surface area contributed by atoms with Gasteiger partial charge in [-0.3, -0.25) is 4.98 Å². The lowest BCUT2D eigenvalue weighted by atomic mass is 10.2. The molecule has 9 heteroatoms. The summed E-state index contributed by atoms with van der Waals surface area (Å²) in [6.45, 7) is 3.12. The number of unbranched alkanes of at least 4 members (excludes halogenated alkanes) is 1. The monoisotopic (exact) mass is 376 g/mol. The first kappa shape index (κ1) is 17.8. The lowest BCUT2D eigenvalue weighted by molar-refractivity contribution is 0.378. The lowest BCUT2D eigenvalue weighted by Crippen LogP contribution is -1.99. The van der Waals surface area contributed by atoms with Crippen LogP contribution < -0.4 is 5.32 Å². The molecular formula is C16H20N6OS2. The second-order valence-corrected chi connectivity index (χ2v) is 7.67. The van der Waals surface area contributed by atoms with Crippen molar-refractivity contribution in [1.82, 2.24) is 25.3 Å². The highest BCUT2D eigenvalue weighted by molar-refractivity contribution is 8.01. The molecule has 0 radical (unpaired) electrons. The number of hydrogen-bond acceptors (Lipinski definition) is 9. The second-order valence-electron chi connectivity index (χ2n) is 5.35. The van der Waals surface area contributed by atoms with E-state index in [4.69, 9.17) is 4.52 Å². The van der Waals surface area contributed by atoms with Crippen molar-refractivity contribution < 1.29 is 4.52 Å². The van der Waals surface area contributed by atoms with Crippen molar-refractivity contribution in [3.8, 4) is 11.4 Å². The van der Waals surface area contributed by atoms with Crippen LogP contribution in [0.4, 0.5) is 5.13 Å². The third-order valence-electron chi connectivity index (χ3n) is 3.38. The molecule has 0 aliphatic rings. The van der Waals surface area contributed by atoms with Crippen molar-refractivity contribution in [2.45, 2.75) is 36.9 Å². The number of rotatable bonds is 10. The van der Waals surface area contributed by atoms with Crippen LogP contribution in [-0.2, 0) is 6.42 Å². The number of pyridine rings is 1. The van der Waals surface area contributed by atoms with Crippen LogP contribution in [0, 0.1) is 0 Å². The van der Waals surface area contributed by atoms with E-state index in [1.807, 2.05) is 12.1 Å². The standard InChI is InChI=1S/C16H20N6OS2/c1-2-3-8-18-15-20-21-16(25-15)24-11-4-5-13-19-14(22-23-13)12-6-9-17-10-7-12/h6-7,9-10H,2-5,8,11H2,1H3,(H,18,20). The van der Waals surface area contributed by atoms with Gasteiger partial charge in [0.2, 0.25) is 16.8 Å². The quantitative estimate of drug-likeness (QED) is 0.421. The highest BCUT2D eigenvalue weighted by Gasteiger charge is 2.09. The SMILES string of the molecule is CCCCNc1nnc(SCCCc2nc(-c3ccncc3)no2)s1. The van der Waals surface area contributed by atoms with E-state index in [-0.39, 0.29) is 0 Å². The Balaban J connectivity index is 1.39. The van der Waals surface area contributed by atoms with Gasteiger partial charge in [0.1, 0.15) is 0 Å². The van der Waals surface area contributed by atoms with Gasteiger partial charge in [-0.05, 0) is 25.0 Å².